The maximum atomic E-state index is 12.5. The Kier molecular flexibility index (Phi) is 9.36. The second-order valence-electron chi connectivity index (χ2n) is 9.78. The maximum Gasteiger partial charge on any atom is 0.251 e. The number of nitrogens with zero attached hydrogens (tertiary/aromatic N) is 2. The minimum Gasteiger partial charge on any atom is -0.494 e. The zero-order valence-electron chi connectivity index (χ0n) is 22.4. The Hall–Kier alpha value is -3.60. The predicted molar refractivity (Wildman–Crippen MR) is 151 cm³/mol. The first kappa shape index (κ1) is 26.5. The van der Waals surface area contributed by atoms with Gasteiger partial charge in [0.2, 0.25) is 0 Å². The number of imidazole rings is 1. The van der Waals surface area contributed by atoms with Gasteiger partial charge in [0.15, 0.2) is 0 Å². The number of amides is 1. The Morgan fingerprint density at radius 2 is 1.73 bits per heavy atom. The van der Waals surface area contributed by atoms with Crippen LogP contribution in [-0.2, 0) is 13.0 Å². The lowest BCUT2D eigenvalue weighted by Gasteiger charge is -2.12. The highest BCUT2D eigenvalue weighted by Gasteiger charge is 2.12. The third-order valence-electron chi connectivity index (χ3n) is 7.09. The summed E-state index contributed by atoms with van der Waals surface area (Å²) < 4.78 is 8.33. The normalized spacial score (nSPS) is 12.0. The molecule has 0 aliphatic carbocycles. The van der Waals surface area contributed by atoms with Crippen LogP contribution in [0, 0.1) is 6.92 Å². The number of carbonyl (C=O) groups excluding carboxylic acids is 1. The van der Waals surface area contributed by atoms with Crippen molar-refractivity contribution < 1.29 is 9.53 Å². The molecule has 1 unspecified atom stereocenters. The van der Waals surface area contributed by atoms with E-state index in [9.17, 15) is 4.79 Å². The smallest absolute Gasteiger partial charge is 0.251 e. The van der Waals surface area contributed by atoms with Gasteiger partial charge in [-0.3, -0.25) is 4.79 Å². The van der Waals surface area contributed by atoms with Gasteiger partial charge in [0, 0.05) is 25.1 Å². The molecule has 194 valence electrons. The summed E-state index contributed by atoms with van der Waals surface area (Å²) in [5, 5.41) is 3.06. The fourth-order valence-electron chi connectivity index (χ4n) is 4.63. The summed E-state index contributed by atoms with van der Waals surface area (Å²) in [6, 6.07) is 24.5. The standard InChI is InChI=1S/C32H39N3O2/c1-4-24(2)26-17-19-27(20-18-26)37-23-10-9-22-35-30-15-8-7-14-29(30)34-31(35)16-11-21-33-32(36)28-13-6-5-12-25(28)3/h5-8,12-15,17-20,24H,4,9-11,16,21-23H2,1-3H3,(H,33,36). The van der Waals surface area contributed by atoms with Gasteiger partial charge in [0.05, 0.1) is 17.6 Å². The molecular formula is C32H39N3O2. The maximum absolute atomic E-state index is 12.5. The molecular weight excluding hydrogens is 458 g/mol. The van der Waals surface area contributed by atoms with Gasteiger partial charge in [-0.15, -0.1) is 0 Å². The molecule has 0 saturated carbocycles. The number of carbonyl (C=O) groups is 1. The molecule has 0 aliphatic rings. The van der Waals surface area contributed by atoms with Crippen molar-refractivity contribution in [2.75, 3.05) is 13.2 Å². The summed E-state index contributed by atoms with van der Waals surface area (Å²) in [6.07, 6.45) is 4.81. The van der Waals surface area contributed by atoms with Gasteiger partial charge in [0.25, 0.3) is 5.91 Å². The molecule has 0 saturated heterocycles. The zero-order chi connectivity index (χ0) is 26.0. The average molecular weight is 498 g/mol. The Morgan fingerprint density at radius 3 is 2.51 bits per heavy atom. The lowest BCUT2D eigenvalue weighted by Crippen LogP contribution is -2.25. The van der Waals surface area contributed by atoms with E-state index >= 15 is 0 Å². The number of ether oxygens (including phenoxy) is 1. The number of hydrogen-bond donors (Lipinski definition) is 1. The van der Waals surface area contributed by atoms with E-state index in [1.54, 1.807) is 0 Å². The minimum atomic E-state index is -0.0129. The first-order valence-corrected chi connectivity index (χ1v) is 13.6. The van der Waals surface area contributed by atoms with Crippen LogP contribution in [0.15, 0.2) is 72.8 Å². The van der Waals surface area contributed by atoms with Crippen LogP contribution in [0.3, 0.4) is 0 Å². The summed E-state index contributed by atoms with van der Waals surface area (Å²) in [5.74, 6) is 2.58. The van der Waals surface area contributed by atoms with Crippen LogP contribution in [-0.4, -0.2) is 28.6 Å². The molecule has 0 radical (unpaired) electrons. The van der Waals surface area contributed by atoms with E-state index in [4.69, 9.17) is 9.72 Å². The van der Waals surface area contributed by atoms with Crippen molar-refractivity contribution in [2.24, 2.45) is 0 Å². The van der Waals surface area contributed by atoms with Crippen molar-refractivity contribution in [2.45, 2.75) is 65.3 Å². The average Bonchev–Trinajstić information content (AvgIpc) is 3.28. The molecule has 4 aromatic rings. The van der Waals surface area contributed by atoms with Crippen molar-refractivity contribution in [3.05, 3.63) is 95.3 Å². The molecule has 1 N–H and O–H groups in total. The molecule has 0 aliphatic heterocycles. The van der Waals surface area contributed by atoms with E-state index in [-0.39, 0.29) is 5.91 Å². The van der Waals surface area contributed by atoms with Crippen LogP contribution in [0.25, 0.3) is 11.0 Å². The molecule has 0 spiro atoms. The lowest BCUT2D eigenvalue weighted by atomic mass is 9.99. The Bertz CT molecular complexity index is 1290. The third kappa shape index (κ3) is 7.00. The highest BCUT2D eigenvalue weighted by atomic mass is 16.5. The molecule has 0 fully saturated rings. The monoisotopic (exact) mass is 497 g/mol. The Morgan fingerprint density at radius 1 is 0.973 bits per heavy atom. The summed E-state index contributed by atoms with van der Waals surface area (Å²) in [4.78, 5) is 17.4. The summed E-state index contributed by atoms with van der Waals surface area (Å²) >= 11 is 0. The topological polar surface area (TPSA) is 56.1 Å². The van der Waals surface area contributed by atoms with Crippen molar-refractivity contribution in [3.63, 3.8) is 0 Å². The molecule has 3 aromatic carbocycles. The molecule has 1 aromatic heterocycles. The molecule has 1 amide bonds. The van der Waals surface area contributed by atoms with E-state index in [1.165, 1.54) is 11.1 Å². The second-order valence-corrected chi connectivity index (χ2v) is 9.78. The highest BCUT2D eigenvalue weighted by Crippen LogP contribution is 2.22. The third-order valence-corrected chi connectivity index (χ3v) is 7.09. The van der Waals surface area contributed by atoms with Crippen LogP contribution in [0.4, 0.5) is 0 Å². The molecule has 37 heavy (non-hydrogen) atoms. The van der Waals surface area contributed by atoms with Crippen LogP contribution >= 0.6 is 0 Å². The molecule has 5 heteroatoms. The number of fused-ring (bicyclic) bond motifs is 1. The van der Waals surface area contributed by atoms with Gasteiger partial charge in [-0.2, -0.15) is 0 Å². The van der Waals surface area contributed by atoms with E-state index < -0.39 is 0 Å². The van der Waals surface area contributed by atoms with Crippen molar-refractivity contribution in [3.8, 4) is 5.75 Å². The van der Waals surface area contributed by atoms with Crippen molar-refractivity contribution >= 4 is 16.9 Å². The van der Waals surface area contributed by atoms with Crippen LogP contribution in [0.2, 0.25) is 0 Å². The fraction of sp³-hybridized carbons (Fsp3) is 0.375. The number of aromatic nitrogens is 2. The van der Waals surface area contributed by atoms with Gasteiger partial charge in [-0.1, -0.05) is 56.3 Å². The minimum absolute atomic E-state index is 0.0129. The highest BCUT2D eigenvalue weighted by molar-refractivity contribution is 5.95. The van der Waals surface area contributed by atoms with E-state index in [0.717, 1.165) is 66.9 Å². The lowest BCUT2D eigenvalue weighted by molar-refractivity contribution is 0.0952. The van der Waals surface area contributed by atoms with Gasteiger partial charge in [0.1, 0.15) is 11.6 Å². The van der Waals surface area contributed by atoms with Crippen LogP contribution in [0.1, 0.15) is 72.8 Å². The summed E-state index contributed by atoms with van der Waals surface area (Å²) in [7, 11) is 0. The number of hydrogen-bond acceptors (Lipinski definition) is 3. The number of para-hydroxylation sites is 2. The predicted octanol–water partition coefficient (Wildman–Crippen LogP) is 7.08. The number of aryl methyl sites for hydroxylation is 3. The Balaban J connectivity index is 1.27. The van der Waals surface area contributed by atoms with Gasteiger partial charge >= 0.3 is 0 Å². The number of unbranched alkanes of at least 4 members (excludes halogenated alkanes) is 1. The SMILES string of the molecule is CCC(C)c1ccc(OCCCCn2c(CCCNC(=O)c3ccccc3C)nc3ccccc32)cc1. The van der Waals surface area contributed by atoms with Gasteiger partial charge in [-0.25, -0.2) is 4.98 Å². The van der Waals surface area contributed by atoms with Crippen LogP contribution < -0.4 is 10.1 Å². The number of nitrogens with one attached hydrogen (secondary N) is 1. The molecule has 1 atom stereocenters. The van der Waals surface area contributed by atoms with Crippen molar-refractivity contribution in [1.29, 1.82) is 0 Å². The first-order chi connectivity index (χ1) is 18.1. The fourth-order valence-corrected chi connectivity index (χ4v) is 4.63. The zero-order valence-corrected chi connectivity index (χ0v) is 22.4. The van der Waals surface area contributed by atoms with E-state index in [1.807, 2.05) is 37.3 Å². The molecule has 1 heterocycles. The quantitative estimate of drug-likeness (QED) is 0.201. The van der Waals surface area contributed by atoms with Crippen molar-refractivity contribution in [1.82, 2.24) is 14.9 Å². The first-order valence-electron chi connectivity index (χ1n) is 13.6. The van der Waals surface area contributed by atoms with Gasteiger partial charge in [-0.05, 0) is 80.0 Å². The molecule has 0 bridgehead atoms. The molecule has 4 rings (SSSR count). The number of rotatable bonds is 13. The molecule has 5 nitrogen and oxygen atoms in total. The van der Waals surface area contributed by atoms with E-state index in [2.05, 4.69) is 66.2 Å². The van der Waals surface area contributed by atoms with Gasteiger partial charge < -0.3 is 14.6 Å². The van der Waals surface area contributed by atoms with Crippen LogP contribution in [0.5, 0.6) is 5.75 Å². The van der Waals surface area contributed by atoms with E-state index in [0.29, 0.717) is 19.1 Å². The second kappa shape index (κ2) is 13.1. The Labute approximate surface area is 220 Å². The summed E-state index contributed by atoms with van der Waals surface area (Å²) in [6.45, 7) is 8.67. The number of benzene rings is 3. The largest absolute Gasteiger partial charge is 0.494 e. The summed E-state index contributed by atoms with van der Waals surface area (Å²) in [5.41, 5.74) is 5.29.